The number of fused-ring (bicyclic) bond motifs is 1. The number of aromatic nitrogens is 5. The number of pyridine rings is 1. The summed E-state index contributed by atoms with van der Waals surface area (Å²) in [5.41, 5.74) is 0.176. The van der Waals surface area contributed by atoms with E-state index in [0.717, 1.165) is 0 Å². The molecule has 5 rings (SSSR count). The second kappa shape index (κ2) is 9.16. The minimum Gasteiger partial charge on any atom is -0.505 e. The summed E-state index contributed by atoms with van der Waals surface area (Å²) >= 11 is 0. The van der Waals surface area contributed by atoms with E-state index in [1.807, 2.05) is 0 Å². The summed E-state index contributed by atoms with van der Waals surface area (Å²) in [6.07, 6.45) is 5.94. The maximum absolute atomic E-state index is 12.9. The fourth-order valence-corrected chi connectivity index (χ4v) is 3.36. The van der Waals surface area contributed by atoms with Crippen LogP contribution in [0.2, 0.25) is 0 Å². The monoisotopic (exact) mass is 461 g/mol. The molecule has 2 N–H and O–H groups in total. The summed E-state index contributed by atoms with van der Waals surface area (Å²) in [4.78, 5) is 28.7. The lowest BCUT2D eigenvalue weighted by molar-refractivity contribution is 0.102. The van der Waals surface area contributed by atoms with Gasteiger partial charge < -0.3 is 10.4 Å². The molecule has 1 amide bonds. The van der Waals surface area contributed by atoms with E-state index in [1.54, 1.807) is 60.8 Å². The number of anilines is 1. The van der Waals surface area contributed by atoms with Crippen molar-refractivity contribution in [1.82, 2.24) is 24.7 Å². The third kappa shape index (κ3) is 4.14. The van der Waals surface area contributed by atoms with Crippen LogP contribution in [0.25, 0.3) is 21.6 Å². The normalized spacial score (nSPS) is 10.9. The molecule has 0 saturated carbocycles. The molecule has 168 valence electrons. The number of phenolic OH excluding ortho intramolecular Hbond substituents is 1. The lowest BCUT2D eigenvalue weighted by atomic mass is 10.0. The van der Waals surface area contributed by atoms with Gasteiger partial charge in [-0.05, 0) is 29.7 Å². The van der Waals surface area contributed by atoms with Crippen molar-refractivity contribution in [3.63, 3.8) is 0 Å². The fraction of sp³-hybridized carbons (Fsp3) is 0. The number of benzene rings is 2. The molecule has 0 atom stereocenters. The van der Waals surface area contributed by atoms with Crippen molar-refractivity contribution in [1.29, 1.82) is 0 Å². The largest absolute Gasteiger partial charge is 0.505 e. The van der Waals surface area contributed by atoms with E-state index in [0.29, 0.717) is 16.6 Å². The zero-order valence-corrected chi connectivity index (χ0v) is 17.9. The van der Waals surface area contributed by atoms with Crippen LogP contribution in [0.15, 0.2) is 89.6 Å². The lowest BCUT2D eigenvalue weighted by Crippen LogP contribution is -2.13. The second-order valence-corrected chi connectivity index (χ2v) is 7.14. The van der Waals surface area contributed by atoms with Crippen LogP contribution in [0, 0.1) is 6.57 Å². The Balaban J connectivity index is 1.61. The highest BCUT2D eigenvalue weighted by atomic mass is 16.3. The number of nitrogens with zero attached hydrogens (tertiary/aromatic N) is 8. The van der Waals surface area contributed by atoms with E-state index in [2.05, 4.69) is 40.4 Å². The van der Waals surface area contributed by atoms with E-state index in [1.165, 1.54) is 23.3 Å². The molecule has 0 unspecified atom stereocenters. The molecule has 3 aromatic heterocycles. The molecule has 0 bridgehead atoms. The van der Waals surface area contributed by atoms with Crippen LogP contribution in [0.5, 0.6) is 5.75 Å². The number of amides is 1. The quantitative estimate of drug-likeness (QED) is 0.275. The molecule has 0 radical (unpaired) electrons. The number of rotatable bonds is 5. The average molecular weight is 461 g/mol. The highest BCUT2D eigenvalue weighted by molar-refractivity contribution is 6.11. The fourth-order valence-electron chi connectivity index (χ4n) is 3.36. The van der Waals surface area contributed by atoms with Crippen LogP contribution < -0.4 is 5.32 Å². The first-order valence-electron chi connectivity index (χ1n) is 10.3. The van der Waals surface area contributed by atoms with Gasteiger partial charge in [0.1, 0.15) is 11.5 Å². The Bertz CT molecular complexity index is 1610. The minimum absolute atomic E-state index is 0.00592. The highest BCUT2D eigenvalue weighted by Gasteiger charge is 2.20. The molecular weight excluding hydrogens is 446 g/mol. The van der Waals surface area contributed by atoms with Crippen LogP contribution >= 0.6 is 0 Å². The Hall–Kier alpha value is -5.50. The topological polar surface area (TPSA) is 135 Å². The van der Waals surface area contributed by atoms with Crippen LogP contribution in [0.4, 0.5) is 23.0 Å². The molecule has 5 aromatic rings. The number of hydrogen-bond acceptors (Lipinski definition) is 8. The number of carbonyl (C=O) groups excluding carboxylic acids is 1. The zero-order valence-electron chi connectivity index (χ0n) is 17.9. The average Bonchev–Trinajstić information content (AvgIpc) is 3.32. The molecular formula is C24H15N9O2. The lowest BCUT2D eigenvalue weighted by Gasteiger charge is -2.11. The smallest absolute Gasteiger partial charge is 0.260 e. The maximum Gasteiger partial charge on any atom is 0.260 e. The molecule has 11 nitrogen and oxygen atoms in total. The molecule has 0 fully saturated rings. The summed E-state index contributed by atoms with van der Waals surface area (Å²) in [6.45, 7) is 7.43. The van der Waals surface area contributed by atoms with Crippen molar-refractivity contribution in [2.24, 2.45) is 10.2 Å². The van der Waals surface area contributed by atoms with E-state index >= 15 is 0 Å². The number of azo groups is 1. The Labute approximate surface area is 198 Å². The van der Waals surface area contributed by atoms with Crippen molar-refractivity contribution in [3.05, 3.63) is 96.4 Å². The molecule has 0 spiro atoms. The Morgan fingerprint density at radius 3 is 2.54 bits per heavy atom. The van der Waals surface area contributed by atoms with Gasteiger partial charge in [0.25, 0.3) is 17.5 Å². The van der Waals surface area contributed by atoms with Crippen LogP contribution in [-0.4, -0.2) is 35.7 Å². The maximum atomic E-state index is 12.9. The predicted molar refractivity (Wildman–Crippen MR) is 127 cm³/mol. The Morgan fingerprint density at radius 1 is 1.00 bits per heavy atom. The molecule has 11 heteroatoms. The van der Waals surface area contributed by atoms with Gasteiger partial charge in [-0.3, -0.25) is 4.79 Å². The predicted octanol–water partition coefficient (Wildman–Crippen LogP) is 5.13. The van der Waals surface area contributed by atoms with Gasteiger partial charge in [0, 0.05) is 24.0 Å². The highest BCUT2D eigenvalue weighted by Crippen LogP contribution is 2.40. The number of hydrogen-bond donors (Lipinski definition) is 2. The van der Waals surface area contributed by atoms with Crippen molar-refractivity contribution < 1.29 is 9.90 Å². The summed E-state index contributed by atoms with van der Waals surface area (Å²) < 4.78 is 1.27. The van der Waals surface area contributed by atoms with Crippen LogP contribution in [-0.2, 0) is 0 Å². The molecule has 0 saturated heterocycles. The van der Waals surface area contributed by atoms with Gasteiger partial charge in [0.15, 0.2) is 11.6 Å². The zero-order chi connectivity index (χ0) is 24.2. The van der Waals surface area contributed by atoms with Gasteiger partial charge >= 0.3 is 0 Å². The number of carbonyl (C=O) groups is 1. The minimum atomic E-state index is -0.562. The summed E-state index contributed by atoms with van der Waals surface area (Å²) in [6, 6.07) is 15.4. The van der Waals surface area contributed by atoms with Gasteiger partial charge in [0.2, 0.25) is 0 Å². The third-order valence-corrected chi connectivity index (χ3v) is 4.98. The van der Waals surface area contributed by atoms with E-state index in [9.17, 15) is 9.90 Å². The first-order valence-corrected chi connectivity index (χ1v) is 10.3. The Morgan fingerprint density at radius 2 is 1.77 bits per heavy atom. The number of phenols is 1. The first kappa shape index (κ1) is 21.4. The van der Waals surface area contributed by atoms with Gasteiger partial charge in [-0.2, -0.15) is 9.78 Å². The summed E-state index contributed by atoms with van der Waals surface area (Å²) in [5.74, 6) is -0.311. The SMILES string of the molecule is [C-]#[N+]c1cnn(-c2ncccn2)c1N=Nc1c(O)c(C(=O)Nc2ccccn2)cc2ccccc12. The van der Waals surface area contributed by atoms with Crippen LogP contribution in [0.3, 0.4) is 0 Å². The molecule has 35 heavy (non-hydrogen) atoms. The first-order chi connectivity index (χ1) is 17.2. The van der Waals surface area contributed by atoms with Crippen molar-refractivity contribution in [2.45, 2.75) is 0 Å². The van der Waals surface area contributed by atoms with Gasteiger partial charge in [-0.25, -0.2) is 19.8 Å². The summed E-state index contributed by atoms with van der Waals surface area (Å²) in [5, 5.41) is 27.5. The molecule has 2 aromatic carbocycles. The van der Waals surface area contributed by atoms with Crippen molar-refractivity contribution >= 4 is 39.7 Å². The van der Waals surface area contributed by atoms with Gasteiger partial charge in [-0.15, -0.1) is 10.2 Å². The van der Waals surface area contributed by atoms with Gasteiger partial charge in [0.05, 0.1) is 18.3 Å². The van der Waals surface area contributed by atoms with Crippen molar-refractivity contribution in [2.75, 3.05) is 5.32 Å². The molecule has 3 heterocycles. The van der Waals surface area contributed by atoms with Gasteiger partial charge in [-0.1, -0.05) is 30.3 Å². The second-order valence-electron chi connectivity index (χ2n) is 7.14. The van der Waals surface area contributed by atoms with E-state index in [-0.39, 0.29) is 34.5 Å². The standard InChI is InChI=1S/C24H15N9O2/c1-25-18-14-29-33(24-27-11-6-12-28-24)22(18)32-31-20-16-8-3-2-7-15(16)13-17(21(20)34)23(35)30-19-9-4-5-10-26-19/h2-14,34H,(H,26,30,35). The third-order valence-electron chi connectivity index (χ3n) is 4.98. The van der Waals surface area contributed by atoms with E-state index < -0.39 is 5.91 Å². The molecule has 0 aliphatic rings. The van der Waals surface area contributed by atoms with Crippen molar-refractivity contribution in [3.8, 4) is 11.7 Å². The number of aromatic hydroxyl groups is 1. The number of nitrogens with one attached hydrogen (secondary N) is 1. The molecule has 0 aliphatic heterocycles. The Kier molecular flexibility index (Phi) is 5.59. The van der Waals surface area contributed by atoms with Crippen LogP contribution in [0.1, 0.15) is 10.4 Å². The molecule has 0 aliphatic carbocycles. The summed E-state index contributed by atoms with van der Waals surface area (Å²) in [7, 11) is 0. The van der Waals surface area contributed by atoms with E-state index in [4.69, 9.17) is 6.57 Å².